The van der Waals surface area contributed by atoms with E-state index in [9.17, 15) is 19.0 Å². The second-order valence-corrected chi connectivity index (χ2v) is 17.7. The van der Waals surface area contributed by atoms with Crippen LogP contribution in [0.1, 0.15) is 219 Å². The van der Waals surface area contributed by atoms with Crippen LogP contribution in [0.5, 0.6) is 0 Å². The summed E-state index contributed by atoms with van der Waals surface area (Å²) in [5.41, 5.74) is 5.36. The highest BCUT2D eigenvalue weighted by Gasteiger charge is 2.27. The first-order chi connectivity index (χ1) is 28.7. The van der Waals surface area contributed by atoms with Gasteiger partial charge in [0.25, 0.3) is 0 Å². The van der Waals surface area contributed by atoms with Crippen LogP contribution in [0.3, 0.4) is 0 Å². The molecule has 3 unspecified atom stereocenters. The molecule has 0 radical (unpaired) electrons. The van der Waals surface area contributed by atoms with Crippen LogP contribution < -0.4 is 5.73 Å². The molecule has 0 amide bonds. The lowest BCUT2D eigenvalue weighted by Crippen LogP contribution is -2.34. The molecule has 3 atom stereocenters. The highest BCUT2D eigenvalue weighted by Crippen LogP contribution is 2.43. The monoisotopic (exact) mass is 856 g/mol. The molecule has 0 fully saturated rings. The van der Waals surface area contributed by atoms with Crippen molar-refractivity contribution in [1.82, 2.24) is 0 Å². The molecule has 0 aliphatic heterocycles. The average molecular weight is 856 g/mol. The summed E-state index contributed by atoms with van der Waals surface area (Å²) in [4.78, 5) is 33.6. The Morgan fingerprint density at radius 1 is 0.542 bits per heavy atom. The molecule has 0 saturated carbocycles. The molecule has 346 valence electrons. The molecule has 10 nitrogen and oxygen atoms in total. The van der Waals surface area contributed by atoms with Crippen molar-refractivity contribution < 1.29 is 42.7 Å². The summed E-state index contributed by atoms with van der Waals surface area (Å²) in [5.74, 6) is -1.79. The summed E-state index contributed by atoms with van der Waals surface area (Å²) < 4.78 is 33.4. The molecule has 0 spiro atoms. The van der Waals surface area contributed by atoms with Crippen molar-refractivity contribution in [2.75, 3.05) is 26.4 Å². The maximum atomic E-state index is 12.6. The number of nitrogens with two attached hydrogens (primary N) is 1. The molecule has 0 aliphatic rings. The smallest absolute Gasteiger partial charge is 0.472 e. The van der Waals surface area contributed by atoms with Crippen molar-refractivity contribution >= 4 is 19.8 Å². The van der Waals surface area contributed by atoms with Crippen LogP contribution in [0.2, 0.25) is 0 Å². The SMILES string of the molecule is CCC/C=C\C/C=C\CCCCCCCC(=O)OC(COCCCCCCCCCCCCCC/C=C\CCCCCCCCCC)COP(=O)(O)OCC(N)C(=O)O. The number of rotatable bonds is 46. The van der Waals surface area contributed by atoms with E-state index in [-0.39, 0.29) is 13.0 Å². The van der Waals surface area contributed by atoms with E-state index in [2.05, 4.69) is 50.3 Å². The minimum Gasteiger partial charge on any atom is -0.480 e. The molecule has 0 rings (SSSR count). The van der Waals surface area contributed by atoms with E-state index in [0.29, 0.717) is 13.0 Å². The van der Waals surface area contributed by atoms with Crippen LogP contribution in [-0.2, 0) is 32.7 Å². The van der Waals surface area contributed by atoms with Gasteiger partial charge in [-0.2, -0.15) is 0 Å². The Hall–Kier alpha value is -1.81. The molecule has 0 heterocycles. The van der Waals surface area contributed by atoms with Gasteiger partial charge in [0.1, 0.15) is 12.1 Å². The number of hydrogen-bond donors (Lipinski definition) is 3. The van der Waals surface area contributed by atoms with E-state index in [4.69, 9.17) is 29.4 Å². The summed E-state index contributed by atoms with van der Waals surface area (Å²) in [6, 6.07) is -1.48. The minimum absolute atomic E-state index is 0.0123. The van der Waals surface area contributed by atoms with Gasteiger partial charge in [0.15, 0.2) is 0 Å². The van der Waals surface area contributed by atoms with E-state index < -0.39 is 45.1 Å². The topological polar surface area (TPSA) is 155 Å². The Kier molecular flexibility index (Phi) is 42.9. The van der Waals surface area contributed by atoms with Gasteiger partial charge in [-0.05, 0) is 64.2 Å². The summed E-state index contributed by atoms with van der Waals surface area (Å²) in [7, 11) is -4.62. The van der Waals surface area contributed by atoms with Gasteiger partial charge in [0, 0.05) is 13.0 Å². The normalized spacial score (nSPS) is 14.1. The molecular formula is C48H90NO9P. The number of phosphoric acid groups is 1. The predicted molar refractivity (Wildman–Crippen MR) is 245 cm³/mol. The summed E-state index contributed by atoms with van der Waals surface area (Å²) in [6.45, 7) is 3.82. The van der Waals surface area contributed by atoms with Crippen molar-refractivity contribution in [3.63, 3.8) is 0 Å². The van der Waals surface area contributed by atoms with E-state index in [0.717, 1.165) is 64.2 Å². The van der Waals surface area contributed by atoms with Crippen molar-refractivity contribution in [1.29, 1.82) is 0 Å². The molecule has 0 aromatic rings. The fourth-order valence-electron chi connectivity index (χ4n) is 6.64. The zero-order valence-electron chi connectivity index (χ0n) is 37.9. The summed E-state index contributed by atoms with van der Waals surface area (Å²) in [6.07, 6.45) is 50.7. The number of carbonyl (C=O) groups is 2. The highest BCUT2D eigenvalue weighted by molar-refractivity contribution is 7.47. The van der Waals surface area contributed by atoms with Crippen LogP contribution in [-0.4, -0.2) is 60.5 Å². The molecular weight excluding hydrogens is 766 g/mol. The Bertz CT molecular complexity index is 1080. The number of esters is 1. The molecule has 0 bridgehead atoms. The van der Waals surface area contributed by atoms with Crippen LogP contribution in [0.25, 0.3) is 0 Å². The van der Waals surface area contributed by atoms with Crippen molar-refractivity contribution in [3.05, 3.63) is 36.5 Å². The van der Waals surface area contributed by atoms with Gasteiger partial charge in [-0.15, -0.1) is 0 Å². The Morgan fingerprint density at radius 3 is 1.46 bits per heavy atom. The molecule has 11 heteroatoms. The lowest BCUT2D eigenvalue weighted by molar-refractivity contribution is -0.154. The molecule has 4 N–H and O–H groups in total. The van der Waals surface area contributed by atoms with Crippen LogP contribution >= 0.6 is 7.82 Å². The third kappa shape index (κ3) is 44.1. The van der Waals surface area contributed by atoms with E-state index in [1.165, 1.54) is 128 Å². The number of allylic oxidation sites excluding steroid dienone is 6. The first kappa shape index (κ1) is 57.2. The van der Waals surface area contributed by atoms with Crippen LogP contribution in [0, 0.1) is 0 Å². The van der Waals surface area contributed by atoms with Crippen LogP contribution in [0.4, 0.5) is 0 Å². The van der Waals surface area contributed by atoms with Gasteiger partial charge >= 0.3 is 19.8 Å². The van der Waals surface area contributed by atoms with Gasteiger partial charge < -0.3 is 25.2 Å². The van der Waals surface area contributed by atoms with Gasteiger partial charge in [-0.25, -0.2) is 4.57 Å². The third-order valence-corrected chi connectivity index (χ3v) is 11.3. The number of aliphatic carboxylic acids is 1. The molecule has 0 aliphatic carbocycles. The number of phosphoric ester groups is 1. The minimum atomic E-state index is -4.62. The van der Waals surface area contributed by atoms with E-state index in [1.54, 1.807) is 0 Å². The molecule has 0 aromatic carbocycles. The zero-order valence-corrected chi connectivity index (χ0v) is 38.7. The maximum absolute atomic E-state index is 12.6. The second-order valence-electron chi connectivity index (χ2n) is 16.2. The lowest BCUT2D eigenvalue weighted by Gasteiger charge is -2.20. The number of unbranched alkanes of at least 4 members (excludes halogenated alkanes) is 26. The summed E-state index contributed by atoms with van der Waals surface area (Å²) in [5, 5.41) is 8.90. The maximum Gasteiger partial charge on any atom is 0.472 e. The van der Waals surface area contributed by atoms with E-state index >= 15 is 0 Å². The van der Waals surface area contributed by atoms with Crippen LogP contribution in [0.15, 0.2) is 36.5 Å². The lowest BCUT2D eigenvalue weighted by atomic mass is 10.0. The largest absolute Gasteiger partial charge is 0.480 e. The second kappa shape index (κ2) is 44.3. The predicted octanol–water partition coefficient (Wildman–Crippen LogP) is 13.7. The van der Waals surface area contributed by atoms with Crippen molar-refractivity contribution in [3.8, 4) is 0 Å². The Balaban J connectivity index is 4.09. The zero-order chi connectivity index (χ0) is 43.3. The molecule has 0 saturated heterocycles. The summed E-state index contributed by atoms with van der Waals surface area (Å²) >= 11 is 0. The van der Waals surface area contributed by atoms with Gasteiger partial charge in [0.05, 0.1) is 19.8 Å². The van der Waals surface area contributed by atoms with E-state index in [1.807, 2.05) is 0 Å². The fourth-order valence-corrected chi connectivity index (χ4v) is 7.42. The number of carbonyl (C=O) groups excluding carboxylic acids is 1. The molecule has 0 aromatic heterocycles. The first-order valence-electron chi connectivity index (χ1n) is 24.0. The van der Waals surface area contributed by atoms with Crippen molar-refractivity contribution in [2.24, 2.45) is 5.73 Å². The first-order valence-corrected chi connectivity index (χ1v) is 25.5. The molecule has 59 heavy (non-hydrogen) atoms. The Morgan fingerprint density at radius 2 is 0.966 bits per heavy atom. The number of carboxylic acid groups (broad SMARTS) is 1. The average Bonchev–Trinajstić information content (AvgIpc) is 3.21. The van der Waals surface area contributed by atoms with Gasteiger partial charge in [0.2, 0.25) is 0 Å². The Labute approximate surface area is 361 Å². The number of hydrogen-bond acceptors (Lipinski definition) is 8. The van der Waals surface area contributed by atoms with Gasteiger partial charge in [-0.1, -0.05) is 185 Å². The fraction of sp³-hybridized carbons (Fsp3) is 0.833. The highest BCUT2D eigenvalue weighted by atomic mass is 31.2. The quantitative estimate of drug-likeness (QED) is 0.0233. The number of ether oxygens (including phenoxy) is 2. The van der Waals surface area contributed by atoms with Crippen molar-refractivity contribution in [2.45, 2.75) is 231 Å². The van der Waals surface area contributed by atoms with Gasteiger partial charge in [-0.3, -0.25) is 18.6 Å². The number of carboxylic acids is 1. The third-order valence-electron chi connectivity index (χ3n) is 10.4. The standard InChI is InChI=1S/C48H90NO9P/c1-3-5-7-9-11-13-15-17-18-19-20-21-22-23-24-25-26-27-29-31-33-35-37-39-41-55-42-45(43-56-59(53,54)57-44-46(49)48(51)52)58-47(50)40-38-36-34-32-30-28-16-14-12-10-8-6-4-2/h8,10,14,16,19-20,45-46H,3-7,9,11-13,15,17-18,21-44,49H2,1-2H3,(H,51,52)(H,53,54)/b10-8-,16-14-,20-19-.